The second kappa shape index (κ2) is 8.07. The van der Waals surface area contributed by atoms with Crippen molar-refractivity contribution in [3.8, 4) is 5.75 Å². The Kier molecular flexibility index (Phi) is 6.63. The lowest BCUT2D eigenvalue weighted by atomic mass is 10.2. The van der Waals surface area contributed by atoms with Crippen LogP contribution in [0.3, 0.4) is 0 Å². The van der Waals surface area contributed by atoms with Gasteiger partial charge in [-0.15, -0.1) is 0 Å². The Morgan fingerprint density at radius 1 is 1.24 bits per heavy atom. The maximum Gasteiger partial charge on any atom is 0.126 e. The van der Waals surface area contributed by atoms with Crippen molar-refractivity contribution in [2.45, 2.75) is 39.2 Å². The second-order valence-electron chi connectivity index (χ2n) is 4.48. The van der Waals surface area contributed by atoms with Crippen LogP contribution in [-0.2, 0) is 0 Å². The minimum Gasteiger partial charge on any atom is -0.493 e. The average Bonchev–Trinajstić information content (AvgIpc) is 2.27. The summed E-state index contributed by atoms with van der Waals surface area (Å²) in [4.78, 5) is 0. The van der Waals surface area contributed by atoms with E-state index in [0.29, 0.717) is 18.4 Å². The van der Waals surface area contributed by atoms with E-state index < -0.39 is 0 Å². The van der Waals surface area contributed by atoms with Crippen LogP contribution in [0, 0.1) is 5.82 Å². The Balaban J connectivity index is 2.01. The Labute approximate surface area is 103 Å². The van der Waals surface area contributed by atoms with E-state index in [1.54, 1.807) is 12.1 Å². The Morgan fingerprint density at radius 2 is 2.06 bits per heavy atom. The Hall–Kier alpha value is -1.09. The first-order chi connectivity index (χ1) is 8.18. The molecule has 0 saturated carbocycles. The molecule has 17 heavy (non-hydrogen) atoms. The number of hydrogen-bond acceptors (Lipinski definition) is 2. The summed E-state index contributed by atoms with van der Waals surface area (Å²) in [6, 6.07) is 6.84. The van der Waals surface area contributed by atoms with Gasteiger partial charge in [0.1, 0.15) is 11.6 Å². The van der Waals surface area contributed by atoms with E-state index >= 15 is 0 Å². The van der Waals surface area contributed by atoms with Crippen molar-refractivity contribution in [3.63, 3.8) is 0 Å². The number of halogens is 1. The molecule has 0 fully saturated rings. The van der Waals surface area contributed by atoms with Crippen molar-refractivity contribution in [3.05, 3.63) is 30.1 Å². The van der Waals surface area contributed by atoms with Gasteiger partial charge in [-0.2, -0.15) is 0 Å². The quantitative estimate of drug-likeness (QED) is 0.702. The first-order valence-electron chi connectivity index (χ1n) is 6.30. The van der Waals surface area contributed by atoms with Gasteiger partial charge in [0.25, 0.3) is 0 Å². The molecule has 1 aromatic carbocycles. The molecule has 0 heterocycles. The van der Waals surface area contributed by atoms with Gasteiger partial charge in [-0.3, -0.25) is 0 Å². The predicted octanol–water partition coefficient (Wildman–Crippen LogP) is 3.37. The number of ether oxygens (including phenoxy) is 1. The van der Waals surface area contributed by atoms with E-state index in [4.69, 9.17) is 4.74 Å². The van der Waals surface area contributed by atoms with Crippen LogP contribution in [0.4, 0.5) is 4.39 Å². The Bertz CT molecular complexity index is 315. The molecule has 0 saturated heterocycles. The van der Waals surface area contributed by atoms with Gasteiger partial charge < -0.3 is 10.1 Å². The van der Waals surface area contributed by atoms with E-state index in [9.17, 15) is 4.39 Å². The Morgan fingerprint density at radius 3 is 2.76 bits per heavy atom. The van der Waals surface area contributed by atoms with Crippen molar-refractivity contribution < 1.29 is 9.13 Å². The number of rotatable bonds is 8. The molecule has 0 atom stereocenters. The third kappa shape index (κ3) is 6.95. The monoisotopic (exact) mass is 239 g/mol. The summed E-state index contributed by atoms with van der Waals surface area (Å²) in [6.45, 7) is 6.00. The van der Waals surface area contributed by atoms with Crippen molar-refractivity contribution >= 4 is 0 Å². The van der Waals surface area contributed by atoms with Crippen LogP contribution in [-0.4, -0.2) is 19.2 Å². The third-order valence-corrected chi connectivity index (χ3v) is 2.44. The van der Waals surface area contributed by atoms with Gasteiger partial charge in [0.2, 0.25) is 0 Å². The van der Waals surface area contributed by atoms with Crippen LogP contribution in [0.2, 0.25) is 0 Å². The summed E-state index contributed by atoms with van der Waals surface area (Å²) in [7, 11) is 0. The molecule has 1 N–H and O–H groups in total. The van der Waals surface area contributed by atoms with Crippen LogP contribution < -0.4 is 10.1 Å². The SMILES string of the molecule is CC(C)NCCCCCOc1cccc(F)c1. The highest BCUT2D eigenvalue weighted by atomic mass is 19.1. The lowest BCUT2D eigenvalue weighted by molar-refractivity contribution is 0.303. The summed E-state index contributed by atoms with van der Waals surface area (Å²) >= 11 is 0. The number of nitrogens with one attached hydrogen (secondary N) is 1. The van der Waals surface area contributed by atoms with Crippen LogP contribution in [0.1, 0.15) is 33.1 Å². The fourth-order valence-corrected chi connectivity index (χ4v) is 1.54. The zero-order valence-electron chi connectivity index (χ0n) is 10.7. The largest absolute Gasteiger partial charge is 0.493 e. The van der Waals surface area contributed by atoms with E-state index in [1.807, 2.05) is 0 Å². The molecule has 0 unspecified atom stereocenters. The van der Waals surface area contributed by atoms with Gasteiger partial charge in [-0.1, -0.05) is 19.9 Å². The van der Waals surface area contributed by atoms with Gasteiger partial charge in [0.05, 0.1) is 6.61 Å². The minimum atomic E-state index is -0.247. The summed E-state index contributed by atoms with van der Waals surface area (Å²) in [5.41, 5.74) is 0. The molecule has 0 aliphatic carbocycles. The van der Waals surface area contributed by atoms with Crippen molar-refractivity contribution in [1.82, 2.24) is 5.32 Å². The van der Waals surface area contributed by atoms with Crippen LogP contribution >= 0.6 is 0 Å². The number of hydrogen-bond donors (Lipinski definition) is 1. The standard InChI is InChI=1S/C14H22FNO/c1-12(2)16-9-4-3-5-10-17-14-8-6-7-13(15)11-14/h6-8,11-12,16H,3-5,9-10H2,1-2H3. The molecule has 0 aliphatic rings. The average molecular weight is 239 g/mol. The van der Waals surface area contributed by atoms with Gasteiger partial charge >= 0.3 is 0 Å². The normalized spacial score (nSPS) is 10.8. The molecule has 1 rings (SSSR count). The maximum absolute atomic E-state index is 12.8. The molecule has 0 aromatic heterocycles. The van der Waals surface area contributed by atoms with Crippen molar-refractivity contribution in [2.24, 2.45) is 0 Å². The third-order valence-electron chi connectivity index (χ3n) is 2.44. The number of benzene rings is 1. The van der Waals surface area contributed by atoms with Crippen LogP contribution in [0.15, 0.2) is 24.3 Å². The van der Waals surface area contributed by atoms with Gasteiger partial charge in [-0.05, 0) is 37.9 Å². The lowest BCUT2D eigenvalue weighted by Crippen LogP contribution is -2.23. The van der Waals surface area contributed by atoms with Crippen LogP contribution in [0.25, 0.3) is 0 Å². The predicted molar refractivity (Wildman–Crippen MR) is 68.9 cm³/mol. The molecular formula is C14H22FNO. The van der Waals surface area contributed by atoms with Crippen molar-refractivity contribution in [1.29, 1.82) is 0 Å². The van der Waals surface area contributed by atoms with E-state index in [0.717, 1.165) is 25.8 Å². The zero-order chi connectivity index (χ0) is 12.5. The van der Waals surface area contributed by atoms with Gasteiger partial charge in [0, 0.05) is 12.1 Å². The van der Waals surface area contributed by atoms with E-state index in [1.165, 1.54) is 12.1 Å². The van der Waals surface area contributed by atoms with Crippen molar-refractivity contribution in [2.75, 3.05) is 13.2 Å². The second-order valence-corrected chi connectivity index (χ2v) is 4.48. The first-order valence-corrected chi connectivity index (χ1v) is 6.30. The molecule has 2 nitrogen and oxygen atoms in total. The molecule has 0 radical (unpaired) electrons. The molecule has 0 spiro atoms. The topological polar surface area (TPSA) is 21.3 Å². The highest BCUT2D eigenvalue weighted by Crippen LogP contribution is 2.12. The maximum atomic E-state index is 12.8. The summed E-state index contributed by atoms with van der Waals surface area (Å²) in [5.74, 6) is 0.369. The number of unbranched alkanes of at least 4 members (excludes halogenated alkanes) is 2. The minimum absolute atomic E-state index is 0.247. The van der Waals surface area contributed by atoms with Gasteiger partial charge in [0.15, 0.2) is 0 Å². The lowest BCUT2D eigenvalue weighted by Gasteiger charge is -2.08. The van der Waals surface area contributed by atoms with E-state index in [-0.39, 0.29) is 5.82 Å². The molecular weight excluding hydrogens is 217 g/mol. The highest BCUT2D eigenvalue weighted by Gasteiger charge is 1.96. The zero-order valence-corrected chi connectivity index (χ0v) is 10.7. The van der Waals surface area contributed by atoms with Crippen LogP contribution in [0.5, 0.6) is 5.75 Å². The van der Waals surface area contributed by atoms with E-state index in [2.05, 4.69) is 19.2 Å². The molecule has 96 valence electrons. The fraction of sp³-hybridized carbons (Fsp3) is 0.571. The summed E-state index contributed by atoms with van der Waals surface area (Å²) < 4.78 is 18.3. The highest BCUT2D eigenvalue weighted by molar-refractivity contribution is 5.22. The smallest absolute Gasteiger partial charge is 0.126 e. The summed E-state index contributed by atoms with van der Waals surface area (Å²) in [5, 5.41) is 3.37. The fourth-order valence-electron chi connectivity index (χ4n) is 1.54. The first kappa shape index (κ1) is 14.0. The molecule has 1 aromatic rings. The molecule has 0 bridgehead atoms. The van der Waals surface area contributed by atoms with Gasteiger partial charge in [-0.25, -0.2) is 4.39 Å². The molecule has 0 amide bonds. The summed E-state index contributed by atoms with van der Waals surface area (Å²) in [6.07, 6.45) is 3.30. The molecule has 3 heteroatoms. The molecule has 0 aliphatic heterocycles.